The van der Waals surface area contributed by atoms with E-state index in [0.717, 1.165) is 19.3 Å². The fourth-order valence-electron chi connectivity index (χ4n) is 2.91. The summed E-state index contributed by atoms with van der Waals surface area (Å²) < 4.78 is 11.0. The molecule has 3 heterocycles. The van der Waals surface area contributed by atoms with Gasteiger partial charge in [-0.1, -0.05) is 6.92 Å². The molecule has 132 valence electrons. The van der Waals surface area contributed by atoms with Crippen LogP contribution in [0.3, 0.4) is 0 Å². The van der Waals surface area contributed by atoms with Crippen LogP contribution in [0.2, 0.25) is 0 Å². The molecule has 2 aromatic heterocycles. The average Bonchev–Trinajstić information content (AvgIpc) is 3.30. The van der Waals surface area contributed by atoms with Crippen molar-refractivity contribution in [3.05, 3.63) is 24.1 Å². The largest absolute Gasteiger partial charge is 0.459 e. The summed E-state index contributed by atoms with van der Waals surface area (Å²) in [6, 6.07) is 5.75. The van der Waals surface area contributed by atoms with Crippen LogP contribution in [0.1, 0.15) is 38.8 Å². The second-order valence-electron chi connectivity index (χ2n) is 6.34. The molecule has 2 aromatic rings. The van der Waals surface area contributed by atoms with Gasteiger partial charge < -0.3 is 19.1 Å². The van der Waals surface area contributed by atoms with Gasteiger partial charge in [-0.3, -0.25) is 4.79 Å². The van der Waals surface area contributed by atoms with Crippen LogP contribution in [-0.2, 0) is 4.79 Å². The van der Waals surface area contributed by atoms with Crippen LogP contribution in [0, 0.1) is 17.2 Å². The smallest absolute Gasteiger partial charge is 0.266 e. The molecule has 1 aliphatic heterocycles. The van der Waals surface area contributed by atoms with Crippen molar-refractivity contribution in [2.45, 2.75) is 39.2 Å². The molecule has 1 amide bonds. The molecule has 1 N–H and O–H groups in total. The standard InChI is InChI=1S/C18H22N4O3/c1-3-12(2)20-16(23)13-6-8-22(9-7-13)18-14(11-19)21-17(25-18)15-5-4-10-24-15/h4-5,10,12-13H,3,6-9H2,1-2H3,(H,20,23). The summed E-state index contributed by atoms with van der Waals surface area (Å²) in [5.74, 6) is 1.36. The molecule has 1 fully saturated rings. The van der Waals surface area contributed by atoms with E-state index in [4.69, 9.17) is 8.83 Å². The first-order valence-electron chi connectivity index (χ1n) is 8.62. The molecule has 1 saturated heterocycles. The van der Waals surface area contributed by atoms with Crippen molar-refractivity contribution in [2.24, 2.45) is 5.92 Å². The number of hydrogen-bond donors (Lipinski definition) is 1. The van der Waals surface area contributed by atoms with Gasteiger partial charge in [0.1, 0.15) is 6.07 Å². The minimum atomic E-state index is 0.00301. The van der Waals surface area contributed by atoms with Gasteiger partial charge in [-0.25, -0.2) is 0 Å². The van der Waals surface area contributed by atoms with Crippen LogP contribution in [0.25, 0.3) is 11.7 Å². The van der Waals surface area contributed by atoms with E-state index in [1.807, 2.05) is 11.8 Å². The number of rotatable bonds is 5. The lowest BCUT2D eigenvalue weighted by atomic mass is 9.95. The molecule has 1 unspecified atom stereocenters. The van der Waals surface area contributed by atoms with Crippen LogP contribution < -0.4 is 10.2 Å². The highest BCUT2D eigenvalue weighted by atomic mass is 16.4. The van der Waals surface area contributed by atoms with Crippen molar-refractivity contribution in [3.63, 3.8) is 0 Å². The molecular weight excluding hydrogens is 320 g/mol. The number of aromatic nitrogens is 1. The summed E-state index contributed by atoms with van der Waals surface area (Å²) in [6.07, 6.45) is 3.91. The Morgan fingerprint density at radius 3 is 2.88 bits per heavy atom. The summed E-state index contributed by atoms with van der Waals surface area (Å²) in [6.45, 7) is 5.37. The number of furan rings is 1. The Morgan fingerprint density at radius 1 is 1.52 bits per heavy atom. The fraction of sp³-hybridized carbons (Fsp3) is 0.500. The molecule has 0 radical (unpaired) electrons. The third-order valence-electron chi connectivity index (χ3n) is 4.60. The molecule has 0 bridgehead atoms. The maximum Gasteiger partial charge on any atom is 0.266 e. The van der Waals surface area contributed by atoms with Gasteiger partial charge in [-0.05, 0) is 38.3 Å². The SMILES string of the molecule is CCC(C)NC(=O)C1CCN(c2oc(-c3ccco3)nc2C#N)CC1. The van der Waals surface area contributed by atoms with Crippen molar-refractivity contribution >= 4 is 11.8 Å². The van der Waals surface area contributed by atoms with Crippen LogP contribution in [-0.4, -0.2) is 30.0 Å². The highest BCUT2D eigenvalue weighted by Crippen LogP contribution is 2.31. The number of piperidine rings is 1. The lowest BCUT2D eigenvalue weighted by molar-refractivity contribution is -0.126. The monoisotopic (exact) mass is 342 g/mol. The van der Waals surface area contributed by atoms with Crippen LogP contribution in [0.5, 0.6) is 0 Å². The molecule has 25 heavy (non-hydrogen) atoms. The van der Waals surface area contributed by atoms with Gasteiger partial charge in [0, 0.05) is 25.0 Å². The van der Waals surface area contributed by atoms with Gasteiger partial charge in [0.15, 0.2) is 5.76 Å². The summed E-state index contributed by atoms with van der Waals surface area (Å²) >= 11 is 0. The van der Waals surface area contributed by atoms with Crippen LogP contribution in [0.4, 0.5) is 5.88 Å². The predicted octanol–water partition coefficient (Wildman–Crippen LogP) is 2.94. The summed E-state index contributed by atoms with van der Waals surface area (Å²) in [7, 11) is 0. The predicted molar refractivity (Wildman–Crippen MR) is 91.8 cm³/mol. The average molecular weight is 342 g/mol. The Hall–Kier alpha value is -2.75. The van der Waals surface area contributed by atoms with Crippen molar-refractivity contribution in [1.82, 2.24) is 10.3 Å². The lowest BCUT2D eigenvalue weighted by Crippen LogP contribution is -2.43. The van der Waals surface area contributed by atoms with E-state index in [2.05, 4.69) is 23.3 Å². The minimum Gasteiger partial charge on any atom is -0.459 e. The minimum absolute atomic E-state index is 0.00301. The maximum absolute atomic E-state index is 12.3. The molecule has 7 nitrogen and oxygen atoms in total. The number of amides is 1. The first kappa shape index (κ1) is 17.1. The lowest BCUT2D eigenvalue weighted by Gasteiger charge is -2.31. The molecular formula is C18H22N4O3. The van der Waals surface area contributed by atoms with Crippen molar-refractivity contribution in [3.8, 4) is 17.7 Å². The fourth-order valence-corrected chi connectivity index (χ4v) is 2.91. The Kier molecular flexibility index (Phi) is 5.08. The third kappa shape index (κ3) is 3.68. The van der Waals surface area contributed by atoms with Crippen molar-refractivity contribution in [2.75, 3.05) is 18.0 Å². The van der Waals surface area contributed by atoms with Gasteiger partial charge in [0.2, 0.25) is 17.5 Å². The Bertz CT molecular complexity index is 752. The summed E-state index contributed by atoms with van der Waals surface area (Å²) in [5.41, 5.74) is 0.244. The van der Waals surface area contributed by atoms with E-state index in [9.17, 15) is 10.1 Å². The Balaban J connectivity index is 1.67. The summed E-state index contributed by atoms with van der Waals surface area (Å²) in [4.78, 5) is 18.4. The summed E-state index contributed by atoms with van der Waals surface area (Å²) in [5, 5.41) is 12.4. The first-order valence-corrected chi connectivity index (χ1v) is 8.62. The molecule has 1 atom stereocenters. The quantitative estimate of drug-likeness (QED) is 0.897. The van der Waals surface area contributed by atoms with Gasteiger partial charge in [0.05, 0.1) is 6.26 Å². The number of carbonyl (C=O) groups excluding carboxylic acids is 1. The van der Waals surface area contributed by atoms with E-state index < -0.39 is 0 Å². The van der Waals surface area contributed by atoms with Crippen molar-refractivity contribution < 1.29 is 13.6 Å². The Labute approximate surface area is 146 Å². The van der Waals surface area contributed by atoms with E-state index in [0.29, 0.717) is 30.6 Å². The van der Waals surface area contributed by atoms with E-state index in [1.54, 1.807) is 12.1 Å². The number of nitrogens with one attached hydrogen (secondary N) is 1. The van der Waals surface area contributed by atoms with Crippen LogP contribution >= 0.6 is 0 Å². The zero-order chi connectivity index (χ0) is 17.8. The van der Waals surface area contributed by atoms with Crippen LogP contribution in [0.15, 0.2) is 27.2 Å². The normalized spacial score (nSPS) is 16.4. The molecule has 7 heteroatoms. The third-order valence-corrected chi connectivity index (χ3v) is 4.60. The molecule has 0 saturated carbocycles. The van der Waals surface area contributed by atoms with E-state index in [1.165, 1.54) is 6.26 Å². The highest BCUT2D eigenvalue weighted by molar-refractivity contribution is 5.79. The van der Waals surface area contributed by atoms with Crippen molar-refractivity contribution in [1.29, 1.82) is 5.26 Å². The van der Waals surface area contributed by atoms with Gasteiger partial charge in [-0.2, -0.15) is 10.2 Å². The number of nitriles is 1. The second-order valence-corrected chi connectivity index (χ2v) is 6.34. The Morgan fingerprint density at radius 2 is 2.28 bits per heavy atom. The first-order chi connectivity index (χ1) is 12.1. The number of anilines is 1. The number of oxazole rings is 1. The number of carbonyl (C=O) groups is 1. The topological polar surface area (TPSA) is 95.3 Å². The molecule has 1 aliphatic rings. The van der Waals surface area contributed by atoms with Gasteiger partial charge in [-0.15, -0.1) is 0 Å². The molecule has 0 spiro atoms. The van der Waals surface area contributed by atoms with E-state index >= 15 is 0 Å². The zero-order valence-electron chi connectivity index (χ0n) is 14.5. The van der Waals surface area contributed by atoms with E-state index in [-0.39, 0.29) is 23.6 Å². The van der Waals surface area contributed by atoms with Gasteiger partial charge >= 0.3 is 0 Å². The highest BCUT2D eigenvalue weighted by Gasteiger charge is 2.29. The molecule has 0 aliphatic carbocycles. The number of hydrogen-bond acceptors (Lipinski definition) is 6. The molecule has 3 rings (SSSR count). The second kappa shape index (κ2) is 7.43. The zero-order valence-corrected chi connectivity index (χ0v) is 14.5. The van der Waals surface area contributed by atoms with Gasteiger partial charge in [0.25, 0.3) is 5.89 Å². The maximum atomic E-state index is 12.3. The number of nitrogens with zero attached hydrogens (tertiary/aromatic N) is 3. The molecule has 0 aromatic carbocycles.